The number of esters is 1. The molecule has 0 aliphatic carbocycles. The zero-order valence-corrected chi connectivity index (χ0v) is 16.6. The van der Waals surface area contributed by atoms with Crippen LogP contribution in [0.3, 0.4) is 0 Å². The van der Waals surface area contributed by atoms with Gasteiger partial charge in [-0.3, -0.25) is 9.59 Å². The Balaban J connectivity index is 1.97. The molecule has 1 atom stereocenters. The number of aryl methyl sites for hydroxylation is 3. The molecule has 0 fully saturated rings. The fourth-order valence-corrected chi connectivity index (χ4v) is 3.72. The van der Waals surface area contributed by atoms with Crippen molar-refractivity contribution in [2.75, 3.05) is 6.61 Å². The number of Topliss-reactive ketones (excluding diaryl/α,β-unsaturated/α-hetero) is 1. The maximum absolute atomic E-state index is 12.3. The van der Waals surface area contributed by atoms with Crippen molar-refractivity contribution in [3.8, 4) is 0 Å². The lowest BCUT2D eigenvalue weighted by Crippen LogP contribution is -2.40. The van der Waals surface area contributed by atoms with Crippen molar-refractivity contribution < 1.29 is 22.7 Å². The van der Waals surface area contributed by atoms with Gasteiger partial charge in [-0.2, -0.15) is 4.72 Å². The van der Waals surface area contributed by atoms with Crippen molar-refractivity contribution in [1.82, 2.24) is 4.72 Å². The number of sulfonamides is 1. The summed E-state index contributed by atoms with van der Waals surface area (Å²) in [6.45, 7) is 6.50. The van der Waals surface area contributed by atoms with Crippen LogP contribution in [0.15, 0.2) is 47.4 Å². The van der Waals surface area contributed by atoms with E-state index in [0.717, 1.165) is 16.7 Å². The highest BCUT2D eigenvalue weighted by Crippen LogP contribution is 2.13. The fraction of sp³-hybridized carbons (Fsp3) is 0.300. The summed E-state index contributed by atoms with van der Waals surface area (Å²) >= 11 is 0. The maximum Gasteiger partial charge on any atom is 0.324 e. The summed E-state index contributed by atoms with van der Waals surface area (Å²) in [4.78, 5) is 24.4. The van der Waals surface area contributed by atoms with Crippen LogP contribution in [0, 0.1) is 20.8 Å². The molecule has 27 heavy (non-hydrogen) atoms. The van der Waals surface area contributed by atoms with E-state index in [1.54, 1.807) is 31.2 Å². The van der Waals surface area contributed by atoms with Gasteiger partial charge < -0.3 is 4.74 Å². The van der Waals surface area contributed by atoms with Crippen LogP contribution in [0.1, 0.15) is 34.0 Å². The van der Waals surface area contributed by atoms with Crippen LogP contribution in [0.5, 0.6) is 0 Å². The second-order valence-corrected chi connectivity index (χ2v) is 8.22. The molecule has 6 nitrogen and oxygen atoms in total. The van der Waals surface area contributed by atoms with Gasteiger partial charge in [0.1, 0.15) is 6.04 Å². The molecule has 0 amide bonds. The van der Waals surface area contributed by atoms with Crippen LogP contribution < -0.4 is 4.72 Å². The Morgan fingerprint density at radius 1 is 1.00 bits per heavy atom. The van der Waals surface area contributed by atoms with Gasteiger partial charge in [0.2, 0.25) is 15.8 Å². The minimum Gasteiger partial charge on any atom is -0.456 e. The zero-order valence-electron chi connectivity index (χ0n) is 15.8. The van der Waals surface area contributed by atoms with Crippen molar-refractivity contribution in [2.24, 2.45) is 0 Å². The molecule has 0 saturated heterocycles. The van der Waals surface area contributed by atoms with Gasteiger partial charge in [0.25, 0.3) is 0 Å². The molecule has 2 rings (SSSR count). The molecule has 0 aromatic heterocycles. The zero-order chi connectivity index (χ0) is 20.2. The van der Waals surface area contributed by atoms with Gasteiger partial charge in [-0.05, 0) is 45.4 Å². The van der Waals surface area contributed by atoms with Gasteiger partial charge in [-0.1, -0.05) is 41.5 Å². The molecule has 2 aromatic carbocycles. The summed E-state index contributed by atoms with van der Waals surface area (Å²) < 4.78 is 31.9. The first-order chi connectivity index (χ1) is 12.6. The van der Waals surface area contributed by atoms with E-state index in [-0.39, 0.29) is 10.7 Å². The summed E-state index contributed by atoms with van der Waals surface area (Å²) in [5, 5.41) is 0. The van der Waals surface area contributed by atoms with Gasteiger partial charge in [0.05, 0.1) is 4.90 Å². The van der Waals surface area contributed by atoms with Gasteiger partial charge in [0, 0.05) is 5.56 Å². The summed E-state index contributed by atoms with van der Waals surface area (Å²) in [6, 6.07) is 10.5. The Labute approximate surface area is 159 Å². The Morgan fingerprint density at radius 2 is 1.59 bits per heavy atom. The standard InChI is InChI=1S/C20H23NO5S/c1-13-5-8-17(9-6-13)27(24,25)21-16(4)20(23)26-12-19(22)18-10-7-14(2)11-15(18)3/h5-11,16,21H,12H2,1-4H3/t16-/m0/s1. The first-order valence-electron chi connectivity index (χ1n) is 8.46. The molecular formula is C20H23NO5S. The van der Waals surface area contributed by atoms with Crippen LogP contribution in [-0.2, 0) is 19.6 Å². The maximum atomic E-state index is 12.3. The van der Waals surface area contributed by atoms with Crippen LogP contribution in [0.2, 0.25) is 0 Å². The highest BCUT2D eigenvalue weighted by atomic mass is 32.2. The van der Waals surface area contributed by atoms with Crippen molar-refractivity contribution in [1.29, 1.82) is 0 Å². The smallest absolute Gasteiger partial charge is 0.324 e. The number of nitrogens with one attached hydrogen (secondary N) is 1. The number of carbonyl (C=O) groups excluding carboxylic acids is 2. The second-order valence-electron chi connectivity index (χ2n) is 6.51. The first kappa shape index (κ1) is 20.8. The number of ether oxygens (including phenoxy) is 1. The predicted octanol–water partition coefficient (Wildman–Crippen LogP) is 2.70. The van der Waals surface area contributed by atoms with E-state index in [0.29, 0.717) is 5.56 Å². The van der Waals surface area contributed by atoms with Gasteiger partial charge in [-0.25, -0.2) is 8.42 Å². The molecular weight excluding hydrogens is 366 g/mol. The lowest BCUT2D eigenvalue weighted by atomic mass is 10.0. The molecule has 0 aliphatic heterocycles. The van der Waals surface area contributed by atoms with E-state index in [4.69, 9.17) is 4.74 Å². The van der Waals surface area contributed by atoms with Crippen molar-refractivity contribution in [3.05, 3.63) is 64.7 Å². The third-order valence-electron chi connectivity index (χ3n) is 4.04. The van der Waals surface area contributed by atoms with Crippen LogP contribution >= 0.6 is 0 Å². The Morgan fingerprint density at radius 3 is 2.19 bits per heavy atom. The molecule has 7 heteroatoms. The fourth-order valence-electron chi connectivity index (χ4n) is 2.53. The molecule has 0 heterocycles. The van der Waals surface area contributed by atoms with Crippen LogP contribution in [0.25, 0.3) is 0 Å². The number of hydrogen-bond acceptors (Lipinski definition) is 5. The molecule has 2 aromatic rings. The lowest BCUT2D eigenvalue weighted by Gasteiger charge is -2.14. The second kappa shape index (κ2) is 8.45. The Hall–Kier alpha value is -2.51. The minimum absolute atomic E-state index is 0.0547. The van der Waals surface area contributed by atoms with Crippen molar-refractivity contribution in [3.63, 3.8) is 0 Å². The van der Waals surface area contributed by atoms with E-state index < -0.39 is 28.6 Å². The lowest BCUT2D eigenvalue weighted by molar-refractivity contribution is -0.144. The van der Waals surface area contributed by atoms with Gasteiger partial charge in [-0.15, -0.1) is 0 Å². The molecule has 0 aliphatic rings. The van der Waals surface area contributed by atoms with Crippen LogP contribution in [0.4, 0.5) is 0 Å². The number of hydrogen-bond donors (Lipinski definition) is 1. The predicted molar refractivity (Wildman–Crippen MR) is 102 cm³/mol. The average Bonchev–Trinajstić information content (AvgIpc) is 2.59. The van der Waals surface area contributed by atoms with Gasteiger partial charge >= 0.3 is 5.97 Å². The molecule has 0 spiro atoms. The highest BCUT2D eigenvalue weighted by molar-refractivity contribution is 7.89. The van der Waals surface area contributed by atoms with Gasteiger partial charge in [0.15, 0.2) is 6.61 Å². The largest absolute Gasteiger partial charge is 0.456 e. The monoisotopic (exact) mass is 389 g/mol. The molecule has 1 N–H and O–H groups in total. The normalized spacial score (nSPS) is 12.4. The van der Waals surface area contributed by atoms with E-state index in [1.165, 1.54) is 19.1 Å². The van der Waals surface area contributed by atoms with Crippen LogP contribution in [-0.4, -0.2) is 32.8 Å². The SMILES string of the molecule is Cc1ccc(S(=O)(=O)N[C@@H](C)C(=O)OCC(=O)c2ccc(C)cc2C)cc1. The number of ketones is 1. The van der Waals surface area contributed by atoms with E-state index in [1.807, 2.05) is 19.9 Å². The summed E-state index contributed by atoms with van der Waals surface area (Å²) in [5.74, 6) is -1.15. The quantitative estimate of drug-likeness (QED) is 0.581. The van der Waals surface area contributed by atoms with E-state index in [9.17, 15) is 18.0 Å². The van der Waals surface area contributed by atoms with Crippen molar-refractivity contribution >= 4 is 21.8 Å². The molecule has 144 valence electrons. The third kappa shape index (κ3) is 5.48. The summed E-state index contributed by atoms with van der Waals surface area (Å²) in [5.41, 5.74) is 3.22. The topological polar surface area (TPSA) is 89.5 Å². The Kier molecular flexibility index (Phi) is 6.51. The number of carbonyl (C=O) groups is 2. The molecule has 0 bridgehead atoms. The number of rotatable bonds is 7. The summed E-state index contributed by atoms with van der Waals surface area (Å²) in [6.07, 6.45) is 0. The van der Waals surface area contributed by atoms with E-state index in [2.05, 4.69) is 4.72 Å². The first-order valence-corrected chi connectivity index (χ1v) is 9.94. The number of benzene rings is 2. The third-order valence-corrected chi connectivity index (χ3v) is 5.60. The molecule has 0 radical (unpaired) electrons. The Bertz CT molecular complexity index is 949. The summed E-state index contributed by atoms with van der Waals surface area (Å²) in [7, 11) is -3.86. The molecule has 0 saturated carbocycles. The average molecular weight is 389 g/mol. The molecule has 0 unspecified atom stereocenters. The van der Waals surface area contributed by atoms with E-state index >= 15 is 0 Å². The highest BCUT2D eigenvalue weighted by Gasteiger charge is 2.24. The minimum atomic E-state index is -3.86. The van der Waals surface area contributed by atoms with Crippen molar-refractivity contribution in [2.45, 2.75) is 38.6 Å².